The Labute approximate surface area is 94.6 Å². The van der Waals surface area contributed by atoms with E-state index in [2.05, 4.69) is 15.0 Å². The van der Waals surface area contributed by atoms with Gasteiger partial charge < -0.3 is 5.73 Å². The van der Waals surface area contributed by atoms with Crippen LogP contribution in [0.4, 0.5) is 0 Å². The van der Waals surface area contributed by atoms with Crippen molar-refractivity contribution in [2.75, 3.05) is 0 Å². The van der Waals surface area contributed by atoms with Crippen LogP contribution in [-0.2, 0) is 0 Å². The lowest BCUT2D eigenvalue weighted by Gasteiger charge is -2.09. The minimum Gasteiger partial charge on any atom is -0.323 e. The van der Waals surface area contributed by atoms with Crippen LogP contribution in [0.2, 0.25) is 0 Å². The van der Waals surface area contributed by atoms with Crippen molar-refractivity contribution < 1.29 is 0 Å². The van der Waals surface area contributed by atoms with Crippen LogP contribution in [-0.4, -0.2) is 15.0 Å². The first kappa shape index (κ1) is 10.7. The number of hydrogen-bond donors (Lipinski definition) is 1. The molecule has 0 fully saturated rings. The van der Waals surface area contributed by atoms with Crippen molar-refractivity contribution in [3.8, 4) is 11.4 Å². The molecule has 2 aromatic rings. The van der Waals surface area contributed by atoms with Gasteiger partial charge in [-0.15, -0.1) is 0 Å². The van der Waals surface area contributed by atoms with E-state index in [1.54, 1.807) is 12.4 Å². The minimum absolute atomic E-state index is 0.147. The fourth-order valence-electron chi connectivity index (χ4n) is 1.55. The molecule has 0 aromatic carbocycles. The summed E-state index contributed by atoms with van der Waals surface area (Å²) in [7, 11) is 0. The molecule has 82 valence electrons. The summed E-state index contributed by atoms with van der Waals surface area (Å²) in [6.07, 6.45) is 3.31. The fourth-order valence-corrected chi connectivity index (χ4v) is 1.55. The van der Waals surface area contributed by atoms with Gasteiger partial charge in [-0.2, -0.15) is 0 Å². The van der Waals surface area contributed by atoms with Crippen LogP contribution in [0, 0.1) is 6.92 Å². The van der Waals surface area contributed by atoms with Gasteiger partial charge in [0.05, 0.1) is 11.4 Å². The second-order valence-electron chi connectivity index (χ2n) is 3.74. The van der Waals surface area contributed by atoms with E-state index in [9.17, 15) is 0 Å². The highest BCUT2D eigenvalue weighted by atomic mass is 14.9. The van der Waals surface area contributed by atoms with Crippen LogP contribution in [0.15, 0.2) is 30.6 Å². The van der Waals surface area contributed by atoms with E-state index in [4.69, 9.17) is 5.73 Å². The van der Waals surface area contributed by atoms with Gasteiger partial charge >= 0.3 is 0 Å². The first-order valence-electron chi connectivity index (χ1n) is 5.19. The third-order valence-electron chi connectivity index (χ3n) is 2.29. The van der Waals surface area contributed by atoms with Crippen LogP contribution in [0.1, 0.15) is 24.4 Å². The topological polar surface area (TPSA) is 64.7 Å². The third-order valence-corrected chi connectivity index (χ3v) is 2.29. The summed E-state index contributed by atoms with van der Waals surface area (Å²) in [6, 6.07) is 5.68. The number of rotatable bonds is 2. The van der Waals surface area contributed by atoms with E-state index in [-0.39, 0.29) is 6.04 Å². The summed E-state index contributed by atoms with van der Waals surface area (Å²) in [4.78, 5) is 13.0. The largest absolute Gasteiger partial charge is 0.323 e. The molecule has 0 aliphatic heterocycles. The van der Waals surface area contributed by atoms with Gasteiger partial charge in [-0.1, -0.05) is 6.07 Å². The molecule has 0 saturated carbocycles. The van der Waals surface area contributed by atoms with Crippen LogP contribution >= 0.6 is 0 Å². The Balaban J connectivity index is 2.55. The van der Waals surface area contributed by atoms with Gasteiger partial charge in [0.25, 0.3) is 0 Å². The van der Waals surface area contributed by atoms with Gasteiger partial charge in [-0.25, -0.2) is 0 Å². The molecule has 0 saturated heterocycles. The average Bonchev–Trinajstić information content (AvgIpc) is 2.29. The number of aryl methyl sites for hydroxylation is 1. The minimum atomic E-state index is -0.147. The lowest BCUT2D eigenvalue weighted by atomic mass is 10.1. The summed E-state index contributed by atoms with van der Waals surface area (Å²) in [6.45, 7) is 3.84. The maximum absolute atomic E-state index is 5.86. The highest BCUT2D eigenvalue weighted by molar-refractivity contribution is 5.57. The molecule has 2 heterocycles. The summed E-state index contributed by atoms with van der Waals surface area (Å²) < 4.78 is 0. The Morgan fingerprint density at radius 3 is 2.62 bits per heavy atom. The molecule has 2 rings (SSSR count). The first-order chi connectivity index (χ1) is 7.68. The van der Waals surface area contributed by atoms with Gasteiger partial charge in [0, 0.05) is 24.1 Å². The van der Waals surface area contributed by atoms with E-state index in [0.29, 0.717) is 0 Å². The second kappa shape index (κ2) is 4.37. The predicted octanol–water partition coefficient (Wildman–Crippen LogP) is 1.87. The Morgan fingerprint density at radius 2 is 1.94 bits per heavy atom. The predicted molar refractivity (Wildman–Crippen MR) is 62.6 cm³/mol. The lowest BCUT2D eigenvalue weighted by Crippen LogP contribution is -2.10. The van der Waals surface area contributed by atoms with Crippen molar-refractivity contribution in [2.45, 2.75) is 19.9 Å². The monoisotopic (exact) mass is 214 g/mol. The molecule has 0 bridgehead atoms. The van der Waals surface area contributed by atoms with E-state index >= 15 is 0 Å². The standard InChI is InChI=1S/C12H14N4/c1-8-4-3-5-10(16-8)12-11(9(2)13)14-6-7-15-12/h3-7,9H,13H2,1-2H3. The SMILES string of the molecule is Cc1cccc(-c2nccnc2C(C)N)n1. The van der Waals surface area contributed by atoms with E-state index in [1.807, 2.05) is 32.0 Å². The van der Waals surface area contributed by atoms with E-state index < -0.39 is 0 Å². The fraction of sp³-hybridized carbons (Fsp3) is 0.250. The summed E-state index contributed by atoms with van der Waals surface area (Å²) in [5, 5.41) is 0. The molecule has 4 nitrogen and oxygen atoms in total. The van der Waals surface area contributed by atoms with Crippen LogP contribution < -0.4 is 5.73 Å². The molecule has 0 aliphatic carbocycles. The summed E-state index contributed by atoms with van der Waals surface area (Å²) in [5.74, 6) is 0. The zero-order chi connectivity index (χ0) is 11.5. The van der Waals surface area contributed by atoms with Crippen molar-refractivity contribution in [3.63, 3.8) is 0 Å². The van der Waals surface area contributed by atoms with Crippen molar-refractivity contribution in [2.24, 2.45) is 5.73 Å². The third kappa shape index (κ3) is 2.06. The Morgan fingerprint density at radius 1 is 1.19 bits per heavy atom. The maximum Gasteiger partial charge on any atom is 0.112 e. The van der Waals surface area contributed by atoms with Gasteiger partial charge in [-0.05, 0) is 26.0 Å². The smallest absolute Gasteiger partial charge is 0.112 e. The van der Waals surface area contributed by atoms with Crippen molar-refractivity contribution >= 4 is 0 Å². The van der Waals surface area contributed by atoms with Crippen LogP contribution in [0.25, 0.3) is 11.4 Å². The Kier molecular flexibility index (Phi) is 2.92. The molecule has 0 amide bonds. The first-order valence-corrected chi connectivity index (χ1v) is 5.19. The molecule has 2 N–H and O–H groups in total. The molecule has 0 radical (unpaired) electrons. The normalized spacial score (nSPS) is 12.4. The number of aromatic nitrogens is 3. The summed E-state index contributed by atoms with van der Waals surface area (Å²) >= 11 is 0. The molecule has 1 atom stereocenters. The number of nitrogens with two attached hydrogens (primary N) is 1. The van der Waals surface area contributed by atoms with Gasteiger partial charge in [0.15, 0.2) is 0 Å². The second-order valence-corrected chi connectivity index (χ2v) is 3.74. The van der Waals surface area contributed by atoms with Gasteiger partial charge in [0.1, 0.15) is 5.69 Å². The maximum atomic E-state index is 5.86. The van der Waals surface area contributed by atoms with Crippen molar-refractivity contribution in [1.82, 2.24) is 15.0 Å². The molecule has 0 aliphatic rings. The van der Waals surface area contributed by atoms with Crippen LogP contribution in [0.5, 0.6) is 0 Å². The van der Waals surface area contributed by atoms with Gasteiger partial charge in [-0.3, -0.25) is 15.0 Å². The molecular formula is C12H14N4. The molecule has 4 heteroatoms. The number of nitrogens with zero attached hydrogens (tertiary/aromatic N) is 3. The van der Waals surface area contributed by atoms with Crippen molar-refractivity contribution in [3.05, 3.63) is 42.0 Å². The highest BCUT2D eigenvalue weighted by Crippen LogP contribution is 2.21. The number of pyridine rings is 1. The number of hydrogen-bond acceptors (Lipinski definition) is 4. The molecular weight excluding hydrogens is 200 g/mol. The Hall–Kier alpha value is -1.81. The highest BCUT2D eigenvalue weighted by Gasteiger charge is 2.12. The van der Waals surface area contributed by atoms with Crippen LogP contribution in [0.3, 0.4) is 0 Å². The summed E-state index contributed by atoms with van der Waals surface area (Å²) in [5.41, 5.74) is 9.18. The molecule has 16 heavy (non-hydrogen) atoms. The molecule has 1 unspecified atom stereocenters. The zero-order valence-electron chi connectivity index (χ0n) is 9.38. The lowest BCUT2D eigenvalue weighted by molar-refractivity contribution is 0.774. The average molecular weight is 214 g/mol. The van der Waals surface area contributed by atoms with E-state index in [0.717, 1.165) is 22.8 Å². The molecule has 0 spiro atoms. The van der Waals surface area contributed by atoms with Gasteiger partial charge in [0.2, 0.25) is 0 Å². The Bertz CT molecular complexity index is 494. The van der Waals surface area contributed by atoms with E-state index in [1.165, 1.54) is 0 Å². The zero-order valence-corrected chi connectivity index (χ0v) is 9.38. The molecule has 2 aromatic heterocycles. The van der Waals surface area contributed by atoms with Crippen molar-refractivity contribution in [1.29, 1.82) is 0 Å². The quantitative estimate of drug-likeness (QED) is 0.828.